The first kappa shape index (κ1) is 12.7. The van der Waals surface area contributed by atoms with Crippen molar-refractivity contribution in [2.24, 2.45) is 0 Å². The van der Waals surface area contributed by atoms with E-state index >= 15 is 0 Å². The van der Waals surface area contributed by atoms with Crippen LogP contribution in [0.3, 0.4) is 0 Å². The van der Waals surface area contributed by atoms with Gasteiger partial charge in [0.1, 0.15) is 29.1 Å². The second kappa shape index (κ2) is 5.27. The van der Waals surface area contributed by atoms with Crippen molar-refractivity contribution in [2.45, 2.75) is 0 Å². The predicted molar refractivity (Wildman–Crippen MR) is 68.6 cm³/mol. The highest BCUT2D eigenvalue weighted by molar-refractivity contribution is 5.57. The largest absolute Gasteiger partial charge is 0.495 e. The number of halogens is 1. The number of anilines is 1. The standard InChI is InChI=1S/C14H11FN2O2/c1-18-14-5-3-11(7-12(14)17)19-13-4-2-10(15)6-9(13)8-16/h2-7H,17H2,1H3. The van der Waals surface area contributed by atoms with Crippen molar-refractivity contribution >= 4 is 5.69 Å². The zero-order valence-electron chi connectivity index (χ0n) is 10.2. The molecule has 2 aromatic carbocycles. The summed E-state index contributed by atoms with van der Waals surface area (Å²) in [6, 6.07) is 10.5. The Morgan fingerprint density at radius 1 is 1.16 bits per heavy atom. The molecule has 4 nitrogen and oxygen atoms in total. The van der Waals surface area contributed by atoms with Crippen LogP contribution in [0.1, 0.15) is 5.56 Å². The van der Waals surface area contributed by atoms with Crippen LogP contribution in [0.5, 0.6) is 17.2 Å². The lowest BCUT2D eigenvalue weighted by molar-refractivity contribution is 0.415. The van der Waals surface area contributed by atoms with Crippen LogP contribution >= 0.6 is 0 Å². The summed E-state index contributed by atoms with van der Waals surface area (Å²) >= 11 is 0. The van der Waals surface area contributed by atoms with Crippen molar-refractivity contribution in [2.75, 3.05) is 12.8 Å². The van der Waals surface area contributed by atoms with Gasteiger partial charge in [0, 0.05) is 6.07 Å². The number of hydrogen-bond donors (Lipinski definition) is 1. The minimum Gasteiger partial charge on any atom is -0.495 e. The normalized spacial score (nSPS) is 9.74. The van der Waals surface area contributed by atoms with Gasteiger partial charge < -0.3 is 15.2 Å². The van der Waals surface area contributed by atoms with Crippen molar-refractivity contribution in [3.63, 3.8) is 0 Å². The minimum atomic E-state index is -0.488. The number of nitrogens with zero attached hydrogens (tertiary/aromatic N) is 1. The third-order valence-electron chi connectivity index (χ3n) is 2.49. The van der Waals surface area contributed by atoms with Crippen LogP contribution in [0, 0.1) is 17.1 Å². The molecule has 0 atom stereocenters. The predicted octanol–water partition coefficient (Wildman–Crippen LogP) is 3.08. The van der Waals surface area contributed by atoms with Gasteiger partial charge in [-0.15, -0.1) is 0 Å². The fourth-order valence-corrected chi connectivity index (χ4v) is 1.58. The number of benzene rings is 2. The molecule has 2 aromatic rings. The number of ether oxygens (including phenoxy) is 2. The quantitative estimate of drug-likeness (QED) is 0.859. The molecule has 96 valence electrons. The van der Waals surface area contributed by atoms with Gasteiger partial charge in [-0.1, -0.05) is 0 Å². The van der Waals surface area contributed by atoms with E-state index in [2.05, 4.69) is 0 Å². The van der Waals surface area contributed by atoms with Crippen molar-refractivity contribution in [3.05, 3.63) is 47.8 Å². The van der Waals surface area contributed by atoms with Crippen LogP contribution in [0.15, 0.2) is 36.4 Å². The molecular weight excluding hydrogens is 247 g/mol. The molecule has 0 saturated carbocycles. The summed E-state index contributed by atoms with van der Waals surface area (Å²) in [5.74, 6) is 0.764. The van der Waals surface area contributed by atoms with Gasteiger partial charge in [-0.2, -0.15) is 5.26 Å². The number of nitrogens with two attached hydrogens (primary N) is 1. The first-order valence-corrected chi connectivity index (χ1v) is 5.45. The van der Waals surface area contributed by atoms with E-state index in [4.69, 9.17) is 20.5 Å². The highest BCUT2D eigenvalue weighted by Gasteiger charge is 2.08. The molecule has 19 heavy (non-hydrogen) atoms. The van der Waals surface area contributed by atoms with E-state index in [9.17, 15) is 4.39 Å². The third kappa shape index (κ3) is 2.75. The first-order chi connectivity index (χ1) is 9.13. The van der Waals surface area contributed by atoms with Crippen LogP contribution in [0.4, 0.5) is 10.1 Å². The average molecular weight is 258 g/mol. The summed E-state index contributed by atoms with van der Waals surface area (Å²) in [7, 11) is 1.51. The van der Waals surface area contributed by atoms with E-state index in [0.717, 1.165) is 6.07 Å². The summed E-state index contributed by atoms with van der Waals surface area (Å²) in [4.78, 5) is 0. The maximum Gasteiger partial charge on any atom is 0.145 e. The van der Waals surface area contributed by atoms with Crippen LogP contribution in [0.2, 0.25) is 0 Å². The maximum atomic E-state index is 13.0. The van der Waals surface area contributed by atoms with Gasteiger partial charge in [0.25, 0.3) is 0 Å². The van der Waals surface area contributed by atoms with E-state index < -0.39 is 5.82 Å². The summed E-state index contributed by atoms with van der Waals surface area (Å²) in [5, 5.41) is 8.92. The topological polar surface area (TPSA) is 68.3 Å². The molecule has 0 bridgehead atoms. The summed E-state index contributed by atoms with van der Waals surface area (Å²) in [6.07, 6.45) is 0. The highest BCUT2D eigenvalue weighted by atomic mass is 19.1. The Bertz CT molecular complexity index is 650. The molecule has 0 aliphatic carbocycles. The molecule has 0 spiro atoms. The van der Waals surface area contributed by atoms with Crippen molar-refractivity contribution in [1.29, 1.82) is 5.26 Å². The Kier molecular flexibility index (Phi) is 3.53. The first-order valence-electron chi connectivity index (χ1n) is 5.45. The Morgan fingerprint density at radius 3 is 2.53 bits per heavy atom. The third-order valence-corrected chi connectivity index (χ3v) is 2.49. The molecule has 0 aliphatic rings. The lowest BCUT2D eigenvalue weighted by Crippen LogP contribution is -1.94. The fourth-order valence-electron chi connectivity index (χ4n) is 1.58. The monoisotopic (exact) mass is 258 g/mol. The van der Waals surface area contributed by atoms with Gasteiger partial charge in [-0.3, -0.25) is 0 Å². The minimum absolute atomic E-state index is 0.120. The van der Waals surface area contributed by atoms with Crippen molar-refractivity contribution < 1.29 is 13.9 Å². The fraction of sp³-hybridized carbons (Fsp3) is 0.0714. The number of nitriles is 1. The lowest BCUT2D eigenvalue weighted by Gasteiger charge is -2.10. The molecule has 0 saturated heterocycles. The number of methoxy groups -OCH3 is 1. The summed E-state index contributed by atoms with van der Waals surface area (Å²) in [6.45, 7) is 0. The number of rotatable bonds is 3. The van der Waals surface area contributed by atoms with E-state index in [-0.39, 0.29) is 11.3 Å². The van der Waals surface area contributed by atoms with E-state index in [1.165, 1.54) is 19.2 Å². The molecule has 0 aliphatic heterocycles. The second-order valence-corrected chi connectivity index (χ2v) is 3.76. The molecule has 0 aromatic heterocycles. The van der Waals surface area contributed by atoms with E-state index in [1.807, 2.05) is 6.07 Å². The smallest absolute Gasteiger partial charge is 0.145 e. The highest BCUT2D eigenvalue weighted by Crippen LogP contribution is 2.30. The van der Waals surface area contributed by atoms with Gasteiger partial charge in [0.2, 0.25) is 0 Å². The number of nitrogen functional groups attached to an aromatic ring is 1. The molecule has 2 N–H and O–H groups in total. The van der Waals surface area contributed by atoms with E-state index in [1.54, 1.807) is 18.2 Å². The van der Waals surface area contributed by atoms with Crippen LogP contribution in [0.25, 0.3) is 0 Å². The molecule has 0 unspecified atom stereocenters. The van der Waals surface area contributed by atoms with Gasteiger partial charge in [-0.25, -0.2) is 4.39 Å². The summed E-state index contributed by atoms with van der Waals surface area (Å²) in [5.41, 5.74) is 6.29. The molecule has 5 heteroatoms. The zero-order valence-corrected chi connectivity index (χ0v) is 10.2. The lowest BCUT2D eigenvalue weighted by atomic mass is 10.2. The Balaban J connectivity index is 2.31. The molecule has 0 radical (unpaired) electrons. The van der Waals surface area contributed by atoms with E-state index in [0.29, 0.717) is 17.2 Å². The second-order valence-electron chi connectivity index (χ2n) is 3.76. The Labute approximate surface area is 109 Å². The van der Waals surface area contributed by atoms with Gasteiger partial charge >= 0.3 is 0 Å². The van der Waals surface area contributed by atoms with Crippen LogP contribution < -0.4 is 15.2 Å². The molecule has 2 rings (SSSR count). The maximum absolute atomic E-state index is 13.0. The average Bonchev–Trinajstić information content (AvgIpc) is 2.41. The van der Waals surface area contributed by atoms with Crippen molar-refractivity contribution in [3.8, 4) is 23.3 Å². The van der Waals surface area contributed by atoms with Crippen LogP contribution in [-0.2, 0) is 0 Å². The molecular formula is C14H11FN2O2. The van der Waals surface area contributed by atoms with Gasteiger partial charge in [0.05, 0.1) is 18.4 Å². The Hall–Kier alpha value is -2.74. The van der Waals surface area contributed by atoms with Crippen molar-refractivity contribution in [1.82, 2.24) is 0 Å². The van der Waals surface area contributed by atoms with Gasteiger partial charge in [-0.05, 0) is 30.3 Å². The summed E-state index contributed by atoms with van der Waals surface area (Å²) < 4.78 is 23.5. The zero-order chi connectivity index (χ0) is 13.8. The van der Waals surface area contributed by atoms with Gasteiger partial charge in [0.15, 0.2) is 0 Å². The molecule has 0 heterocycles. The molecule has 0 amide bonds. The Morgan fingerprint density at radius 2 is 1.89 bits per heavy atom. The SMILES string of the molecule is COc1ccc(Oc2ccc(F)cc2C#N)cc1N. The van der Waals surface area contributed by atoms with Crippen LogP contribution in [-0.4, -0.2) is 7.11 Å². The molecule has 0 fully saturated rings. The number of hydrogen-bond acceptors (Lipinski definition) is 4.